The normalized spacial score (nSPS) is 29.0. The maximum absolute atomic E-state index is 14.4. The van der Waals surface area contributed by atoms with Crippen LogP contribution in [-0.4, -0.2) is 87.5 Å². The summed E-state index contributed by atoms with van der Waals surface area (Å²) in [5, 5.41) is 15.9. The zero-order valence-corrected chi connectivity index (χ0v) is 29.3. The molecule has 3 N–H and O–H groups in total. The van der Waals surface area contributed by atoms with Gasteiger partial charge in [0.1, 0.15) is 23.2 Å². The highest BCUT2D eigenvalue weighted by Crippen LogP contribution is 2.46. The van der Waals surface area contributed by atoms with E-state index in [9.17, 15) is 29.1 Å². The topological polar surface area (TPSA) is 145 Å². The summed E-state index contributed by atoms with van der Waals surface area (Å²) in [6.07, 6.45) is 6.84. The second kappa shape index (κ2) is 13.9. The molecule has 1 aliphatic carbocycles. The average molecular weight is 685 g/mol. The Hall–Kier alpha value is -4.67. The lowest BCUT2D eigenvalue weighted by molar-refractivity contribution is -0.146. The Morgan fingerprint density at radius 1 is 0.980 bits per heavy atom. The number of carboxylic acid groups (broad SMARTS) is 1. The number of aliphatic carboxylic acids is 1. The minimum absolute atomic E-state index is 0.149. The number of ether oxygens (including phenoxy) is 1. The number of likely N-dealkylation sites (tertiary alicyclic amines) is 1. The molecule has 0 bridgehead atoms. The van der Waals surface area contributed by atoms with Crippen molar-refractivity contribution in [1.82, 2.24) is 20.4 Å². The van der Waals surface area contributed by atoms with Gasteiger partial charge in [-0.3, -0.25) is 14.4 Å². The van der Waals surface area contributed by atoms with Gasteiger partial charge in [-0.15, -0.1) is 0 Å². The minimum Gasteiger partial charge on any atom is -0.479 e. The number of carbonyl (C=O) groups is 5. The van der Waals surface area contributed by atoms with Crippen molar-refractivity contribution < 1.29 is 33.8 Å². The fourth-order valence-electron chi connectivity index (χ4n) is 7.82. The molecule has 0 unspecified atom stereocenters. The standard InChI is InChI=1S/C39H48N4O7/c1-24-17-18-26(25-13-9-8-10-14-25)19-29(24)34(45)42-21-27-22-43-32(30(27)23-42)33(44)41-39(36(47)48)20-28(39)15-11-6-5-7-12-16-31(35(43)46)40-37(49)50-38(2,3)4/h8-11,13-15,17-19,27-28,30-32H,5-7,12,16,20-23H2,1-4H3,(H,40,49)(H,41,44)(H,47,48)/b15-11-/t27-,28-,30-,31+,32-,39+/m0/s1. The summed E-state index contributed by atoms with van der Waals surface area (Å²) in [6, 6.07) is 13.7. The van der Waals surface area contributed by atoms with Crippen LogP contribution in [0.15, 0.2) is 60.7 Å². The molecule has 11 heteroatoms. The number of aryl methyl sites for hydroxylation is 1. The van der Waals surface area contributed by atoms with Crippen molar-refractivity contribution in [1.29, 1.82) is 0 Å². The molecule has 2 saturated heterocycles. The lowest BCUT2D eigenvalue weighted by atomic mass is 9.93. The van der Waals surface area contributed by atoms with Crippen molar-refractivity contribution in [3.05, 3.63) is 71.8 Å². The Morgan fingerprint density at radius 2 is 1.74 bits per heavy atom. The van der Waals surface area contributed by atoms with Gasteiger partial charge in [-0.1, -0.05) is 67.5 Å². The van der Waals surface area contributed by atoms with E-state index in [1.807, 2.05) is 67.6 Å². The monoisotopic (exact) mass is 684 g/mol. The predicted octanol–water partition coefficient (Wildman–Crippen LogP) is 4.93. The third-order valence-electron chi connectivity index (χ3n) is 10.5. The molecule has 6 atom stereocenters. The van der Waals surface area contributed by atoms with E-state index in [1.54, 1.807) is 25.7 Å². The van der Waals surface area contributed by atoms with E-state index in [0.29, 0.717) is 24.9 Å². The van der Waals surface area contributed by atoms with Gasteiger partial charge in [0.05, 0.1) is 0 Å². The predicted molar refractivity (Wildman–Crippen MR) is 187 cm³/mol. The van der Waals surface area contributed by atoms with Crippen LogP contribution in [0.25, 0.3) is 11.1 Å². The van der Waals surface area contributed by atoms with E-state index in [-0.39, 0.29) is 37.3 Å². The highest BCUT2D eigenvalue weighted by atomic mass is 16.6. The SMILES string of the molecule is Cc1ccc(-c2ccccc2)cc1C(=O)N1C[C@H]2CN3C(=O)[C@H](NC(=O)OC(C)(C)C)CCCCC/C=C\[C@H]4C[C@@]4(C(=O)O)NC(=O)[C@@H]3[C@H]2C1. The molecular weight excluding hydrogens is 636 g/mol. The number of carbonyl (C=O) groups excluding carboxylic acids is 4. The molecule has 1 saturated carbocycles. The molecule has 0 radical (unpaired) electrons. The number of allylic oxidation sites excluding steroid dienone is 1. The maximum atomic E-state index is 14.4. The molecular formula is C39H48N4O7. The van der Waals surface area contributed by atoms with E-state index in [0.717, 1.165) is 36.0 Å². The van der Waals surface area contributed by atoms with Gasteiger partial charge < -0.3 is 30.3 Å². The van der Waals surface area contributed by atoms with Crippen LogP contribution in [0, 0.1) is 24.7 Å². The Balaban J connectivity index is 1.29. The van der Waals surface area contributed by atoms with E-state index in [1.165, 1.54) is 4.90 Å². The van der Waals surface area contributed by atoms with Gasteiger partial charge in [0, 0.05) is 43.0 Å². The highest BCUT2D eigenvalue weighted by molar-refractivity contribution is 5.98. The van der Waals surface area contributed by atoms with Gasteiger partial charge in [-0.25, -0.2) is 9.59 Å². The summed E-state index contributed by atoms with van der Waals surface area (Å²) in [6.45, 7) is 7.91. The van der Waals surface area contributed by atoms with Crippen molar-refractivity contribution in [3.8, 4) is 11.1 Å². The first kappa shape index (κ1) is 35.2. The summed E-state index contributed by atoms with van der Waals surface area (Å²) >= 11 is 0. The van der Waals surface area contributed by atoms with Crippen LogP contribution in [-0.2, 0) is 19.1 Å². The quantitative estimate of drug-likeness (QED) is 0.387. The van der Waals surface area contributed by atoms with Gasteiger partial charge >= 0.3 is 12.1 Å². The molecule has 3 fully saturated rings. The third-order valence-corrected chi connectivity index (χ3v) is 10.5. The molecule has 266 valence electrons. The number of hydrogen-bond donors (Lipinski definition) is 3. The van der Waals surface area contributed by atoms with Crippen molar-refractivity contribution in [3.63, 3.8) is 0 Å². The number of amides is 4. The van der Waals surface area contributed by atoms with Crippen LogP contribution < -0.4 is 10.6 Å². The molecule has 2 aromatic rings. The van der Waals surface area contributed by atoms with Crippen molar-refractivity contribution >= 4 is 29.8 Å². The number of alkyl carbamates (subject to hydrolysis) is 1. The van der Waals surface area contributed by atoms with Crippen molar-refractivity contribution in [2.75, 3.05) is 19.6 Å². The van der Waals surface area contributed by atoms with Crippen molar-refractivity contribution in [2.45, 2.75) is 89.4 Å². The fourth-order valence-corrected chi connectivity index (χ4v) is 7.82. The van der Waals surface area contributed by atoms with Gasteiger partial charge in [0.25, 0.3) is 5.91 Å². The molecule has 2 aromatic carbocycles. The van der Waals surface area contributed by atoms with Crippen LogP contribution in [0.2, 0.25) is 0 Å². The summed E-state index contributed by atoms with van der Waals surface area (Å²) in [7, 11) is 0. The molecule has 4 aliphatic rings. The Morgan fingerprint density at radius 3 is 2.46 bits per heavy atom. The third kappa shape index (κ3) is 7.27. The summed E-state index contributed by atoms with van der Waals surface area (Å²) in [4.78, 5) is 71.4. The van der Waals surface area contributed by atoms with Crippen LogP contribution in [0.5, 0.6) is 0 Å². The van der Waals surface area contributed by atoms with Crippen molar-refractivity contribution in [2.24, 2.45) is 17.8 Å². The molecule has 0 aromatic heterocycles. The summed E-state index contributed by atoms with van der Waals surface area (Å²) < 4.78 is 5.49. The minimum atomic E-state index is -1.45. The lowest BCUT2D eigenvalue weighted by Gasteiger charge is -2.33. The first-order valence-corrected chi connectivity index (χ1v) is 17.7. The molecule has 4 amide bonds. The number of nitrogens with one attached hydrogen (secondary N) is 2. The maximum Gasteiger partial charge on any atom is 0.408 e. The molecule has 50 heavy (non-hydrogen) atoms. The van der Waals surface area contributed by atoms with Crippen LogP contribution >= 0.6 is 0 Å². The highest BCUT2D eigenvalue weighted by Gasteiger charge is 2.62. The largest absolute Gasteiger partial charge is 0.479 e. The zero-order chi connectivity index (χ0) is 35.8. The number of hydrogen-bond acceptors (Lipinski definition) is 6. The molecule has 3 heterocycles. The number of nitrogens with zero attached hydrogens (tertiary/aromatic N) is 2. The zero-order valence-electron chi connectivity index (χ0n) is 29.3. The smallest absolute Gasteiger partial charge is 0.408 e. The number of benzene rings is 2. The average Bonchev–Trinajstić information content (AvgIpc) is 3.41. The second-order valence-corrected chi connectivity index (χ2v) is 15.3. The molecule has 3 aliphatic heterocycles. The summed E-state index contributed by atoms with van der Waals surface area (Å²) in [5.41, 5.74) is 1.11. The van der Waals surface area contributed by atoms with Gasteiger partial charge in [0.2, 0.25) is 11.8 Å². The Bertz CT molecular complexity index is 1680. The van der Waals surface area contributed by atoms with E-state index < -0.39 is 53.0 Å². The van der Waals surface area contributed by atoms with Gasteiger partial charge in [-0.05, 0) is 76.1 Å². The first-order chi connectivity index (χ1) is 23.8. The number of rotatable bonds is 4. The van der Waals surface area contributed by atoms with Crippen LogP contribution in [0.3, 0.4) is 0 Å². The number of fused-ring (bicyclic) bond motifs is 4. The Labute approximate surface area is 293 Å². The molecule has 6 rings (SSSR count). The van der Waals surface area contributed by atoms with E-state index in [4.69, 9.17) is 4.74 Å². The second-order valence-electron chi connectivity index (χ2n) is 15.3. The first-order valence-electron chi connectivity index (χ1n) is 17.7. The molecule has 0 spiro atoms. The number of carboxylic acids is 1. The van der Waals surface area contributed by atoms with Gasteiger partial charge in [0.15, 0.2) is 0 Å². The fraction of sp³-hybridized carbons (Fsp3) is 0.513. The van der Waals surface area contributed by atoms with Crippen LogP contribution in [0.1, 0.15) is 75.2 Å². The van der Waals surface area contributed by atoms with Gasteiger partial charge in [-0.2, -0.15) is 0 Å². The molecule has 11 nitrogen and oxygen atoms in total. The lowest BCUT2D eigenvalue weighted by Crippen LogP contribution is -2.58. The van der Waals surface area contributed by atoms with E-state index >= 15 is 0 Å². The van der Waals surface area contributed by atoms with Crippen LogP contribution in [0.4, 0.5) is 4.79 Å². The Kier molecular flexibility index (Phi) is 9.79. The summed E-state index contributed by atoms with van der Waals surface area (Å²) in [5.74, 6) is -3.20. The van der Waals surface area contributed by atoms with E-state index in [2.05, 4.69) is 10.6 Å².